The minimum absolute atomic E-state index is 0.170. The predicted octanol–water partition coefficient (Wildman–Crippen LogP) is 2.31. The van der Waals surface area contributed by atoms with Gasteiger partial charge in [-0.2, -0.15) is 5.10 Å². The average molecular weight is 268 g/mol. The van der Waals surface area contributed by atoms with Crippen LogP contribution in [0.5, 0.6) is 0 Å². The molecular formula is C16H20N4. The fourth-order valence-electron chi connectivity index (χ4n) is 2.69. The van der Waals surface area contributed by atoms with Gasteiger partial charge < -0.3 is 10.3 Å². The number of rotatable bonds is 4. The first-order valence-corrected chi connectivity index (χ1v) is 6.95. The molecule has 0 radical (unpaired) electrons. The zero-order valence-corrected chi connectivity index (χ0v) is 12.0. The van der Waals surface area contributed by atoms with Crippen molar-refractivity contribution in [2.75, 3.05) is 0 Å². The molecule has 0 spiro atoms. The maximum atomic E-state index is 5.91. The lowest BCUT2D eigenvalue weighted by Gasteiger charge is -2.10. The van der Waals surface area contributed by atoms with Crippen molar-refractivity contribution in [2.45, 2.75) is 25.9 Å². The van der Waals surface area contributed by atoms with E-state index in [1.165, 1.54) is 16.6 Å². The zero-order valence-electron chi connectivity index (χ0n) is 12.0. The Balaban J connectivity index is 1.96. The van der Waals surface area contributed by atoms with Crippen molar-refractivity contribution >= 4 is 10.9 Å². The van der Waals surface area contributed by atoms with Crippen LogP contribution < -0.4 is 5.73 Å². The zero-order chi connectivity index (χ0) is 14.1. The van der Waals surface area contributed by atoms with Crippen molar-refractivity contribution in [3.8, 4) is 0 Å². The highest BCUT2D eigenvalue weighted by molar-refractivity contribution is 5.81. The summed E-state index contributed by atoms with van der Waals surface area (Å²) in [4.78, 5) is 0. The van der Waals surface area contributed by atoms with E-state index >= 15 is 0 Å². The van der Waals surface area contributed by atoms with Gasteiger partial charge in [-0.25, -0.2) is 0 Å². The third kappa shape index (κ3) is 2.34. The standard InChI is InChI=1S/C16H20N4/c1-12(17)10-13-6-5-9-20(13)11-15-14-7-3-4-8-16(14)19(2)18-15/h3-9,12H,10-11,17H2,1-2H3. The molecule has 0 fully saturated rings. The molecule has 104 valence electrons. The Labute approximate surface area is 118 Å². The minimum atomic E-state index is 0.170. The van der Waals surface area contributed by atoms with E-state index < -0.39 is 0 Å². The summed E-state index contributed by atoms with van der Waals surface area (Å²) >= 11 is 0. The first-order chi connectivity index (χ1) is 9.65. The normalized spacial score (nSPS) is 12.9. The molecule has 0 aliphatic heterocycles. The van der Waals surface area contributed by atoms with Crippen LogP contribution in [-0.4, -0.2) is 20.4 Å². The molecular weight excluding hydrogens is 248 g/mol. The molecule has 0 aliphatic carbocycles. The molecule has 3 rings (SSSR count). The van der Waals surface area contributed by atoms with Crippen LogP contribution in [0.25, 0.3) is 10.9 Å². The first-order valence-electron chi connectivity index (χ1n) is 6.95. The molecule has 3 aromatic rings. The largest absolute Gasteiger partial charge is 0.345 e. The van der Waals surface area contributed by atoms with Crippen molar-refractivity contribution < 1.29 is 0 Å². The number of hydrogen-bond donors (Lipinski definition) is 1. The lowest BCUT2D eigenvalue weighted by Crippen LogP contribution is -2.20. The molecule has 0 amide bonds. The summed E-state index contributed by atoms with van der Waals surface area (Å²) < 4.78 is 4.18. The molecule has 1 atom stereocenters. The fourth-order valence-corrected chi connectivity index (χ4v) is 2.69. The van der Waals surface area contributed by atoms with E-state index in [-0.39, 0.29) is 6.04 Å². The third-order valence-corrected chi connectivity index (χ3v) is 3.61. The number of aromatic nitrogens is 3. The molecule has 4 heteroatoms. The van der Waals surface area contributed by atoms with E-state index in [1.807, 2.05) is 24.7 Å². The second kappa shape index (κ2) is 5.13. The molecule has 0 saturated heterocycles. The van der Waals surface area contributed by atoms with E-state index in [4.69, 9.17) is 5.73 Å². The van der Waals surface area contributed by atoms with Crippen LogP contribution in [0.1, 0.15) is 18.3 Å². The lowest BCUT2D eigenvalue weighted by molar-refractivity contribution is 0.652. The maximum Gasteiger partial charge on any atom is 0.0900 e. The van der Waals surface area contributed by atoms with Crippen molar-refractivity contribution in [1.82, 2.24) is 14.3 Å². The van der Waals surface area contributed by atoms with Crippen LogP contribution >= 0.6 is 0 Å². The second-order valence-corrected chi connectivity index (χ2v) is 5.40. The Morgan fingerprint density at radius 2 is 2.00 bits per heavy atom. The predicted molar refractivity (Wildman–Crippen MR) is 81.6 cm³/mol. The van der Waals surface area contributed by atoms with E-state index in [1.54, 1.807) is 0 Å². The Kier molecular flexibility index (Phi) is 3.32. The number of fused-ring (bicyclic) bond motifs is 1. The molecule has 20 heavy (non-hydrogen) atoms. The van der Waals surface area contributed by atoms with Gasteiger partial charge in [0.2, 0.25) is 0 Å². The van der Waals surface area contributed by atoms with Gasteiger partial charge in [0.05, 0.1) is 17.8 Å². The highest BCUT2D eigenvalue weighted by Gasteiger charge is 2.10. The SMILES string of the molecule is CC(N)Cc1cccn1Cc1nn(C)c2ccccc12. The molecule has 2 heterocycles. The smallest absolute Gasteiger partial charge is 0.0900 e. The summed E-state index contributed by atoms with van der Waals surface area (Å²) in [5.41, 5.74) is 9.44. The van der Waals surface area contributed by atoms with Gasteiger partial charge in [-0.3, -0.25) is 4.68 Å². The number of hydrogen-bond acceptors (Lipinski definition) is 2. The maximum absolute atomic E-state index is 5.91. The Bertz CT molecular complexity index is 721. The van der Waals surface area contributed by atoms with E-state index in [2.05, 4.69) is 46.2 Å². The first kappa shape index (κ1) is 12.9. The number of aryl methyl sites for hydroxylation is 1. The van der Waals surface area contributed by atoms with Gasteiger partial charge >= 0.3 is 0 Å². The Morgan fingerprint density at radius 1 is 1.20 bits per heavy atom. The third-order valence-electron chi connectivity index (χ3n) is 3.61. The van der Waals surface area contributed by atoms with Crippen LogP contribution in [0, 0.1) is 0 Å². The van der Waals surface area contributed by atoms with Gasteiger partial charge in [-0.05, 0) is 25.1 Å². The number of para-hydroxylation sites is 1. The van der Waals surface area contributed by atoms with Crippen molar-refractivity contribution in [3.05, 3.63) is 54.0 Å². The summed E-state index contributed by atoms with van der Waals surface area (Å²) in [5, 5.41) is 5.87. The van der Waals surface area contributed by atoms with Gasteiger partial charge in [0, 0.05) is 36.8 Å². The number of nitrogens with zero attached hydrogens (tertiary/aromatic N) is 3. The van der Waals surface area contributed by atoms with Crippen LogP contribution in [0.4, 0.5) is 0 Å². The molecule has 0 bridgehead atoms. The molecule has 2 aromatic heterocycles. The van der Waals surface area contributed by atoms with Crippen LogP contribution in [-0.2, 0) is 20.0 Å². The fraction of sp³-hybridized carbons (Fsp3) is 0.312. The molecule has 0 saturated carbocycles. The molecule has 0 aliphatic rings. The van der Waals surface area contributed by atoms with Crippen molar-refractivity contribution in [2.24, 2.45) is 12.8 Å². The van der Waals surface area contributed by atoms with Gasteiger partial charge in [0.25, 0.3) is 0 Å². The minimum Gasteiger partial charge on any atom is -0.345 e. The molecule has 1 unspecified atom stereocenters. The summed E-state index contributed by atoms with van der Waals surface area (Å²) in [6.45, 7) is 2.82. The highest BCUT2D eigenvalue weighted by atomic mass is 15.3. The molecule has 4 nitrogen and oxygen atoms in total. The summed E-state index contributed by atoms with van der Waals surface area (Å²) in [7, 11) is 1.99. The molecule has 1 aromatic carbocycles. The summed E-state index contributed by atoms with van der Waals surface area (Å²) in [6.07, 6.45) is 2.99. The van der Waals surface area contributed by atoms with Gasteiger partial charge in [0.1, 0.15) is 0 Å². The Morgan fingerprint density at radius 3 is 2.80 bits per heavy atom. The lowest BCUT2D eigenvalue weighted by atomic mass is 10.2. The van der Waals surface area contributed by atoms with Crippen LogP contribution in [0.3, 0.4) is 0 Å². The second-order valence-electron chi connectivity index (χ2n) is 5.40. The van der Waals surface area contributed by atoms with Crippen LogP contribution in [0.2, 0.25) is 0 Å². The van der Waals surface area contributed by atoms with Gasteiger partial charge in [0.15, 0.2) is 0 Å². The monoisotopic (exact) mass is 268 g/mol. The van der Waals surface area contributed by atoms with E-state index in [0.29, 0.717) is 0 Å². The van der Waals surface area contributed by atoms with Gasteiger partial charge in [-0.1, -0.05) is 18.2 Å². The summed E-state index contributed by atoms with van der Waals surface area (Å²) in [6, 6.07) is 12.7. The number of benzene rings is 1. The number of nitrogens with two attached hydrogens (primary N) is 1. The van der Waals surface area contributed by atoms with Crippen molar-refractivity contribution in [3.63, 3.8) is 0 Å². The quantitative estimate of drug-likeness (QED) is 0.789. The highest BCUT2D eigenvalue weighted by Crippen LogP contribution is 2.19. The summed E-state index contributed by atoms with van der Waals surface area (Å²) in [5.74, 6) is 0. The van der Waals surface area contributed by atoms with Gasteiger partial charge in [-0.15, -0.1) is 0 Å². The van der Waals surface area contributed by atoms with Crippen LogP contribution in [0.15, 0.2) is 42.6 Å². The van der Waals surface area contributed by atoms with E-state index in [0.717, 1.165) is 18.7 Å². The Hall–Kier alpha value is -2.07. The van der Waals surface area contributed by atoms with E-state index in [9.17, 15) is 0 Å². The topological polar surface area (TPSA) is 48.8 Å². The van der Waals surface area contributed by atoms with Crippen molar-refractivity contribution in [1.29, 1.82) is 0 Å². The average Bonchev–Trinajstić information content (AvgIpc) is 2.96. The molecule has 2 N–H and O–H groups in total.